The molecule has 1 heterocycles. The molecule has 0 aliphatic rings. The van der Waals surface area contributed by atoms with Crippen molar-refractivity contribution >= 4 is 27.3 Å². The summed E-state index contributed by atoms with van der Waals surface area (Å²) >= 11 is 4.91. The van der Waals surface area contributed by atoms with Crippen molar-refractivity contribution in [1.29, 1.82) is 0 Å². The summed E-state index contributed by atoms with van der Waals surface area (Å²) in [5.41, 5.74) is 1.47. The Morgan fingerprint density at radius 3 is 2.35 bits per heavy atom. The van der Waals surface area contributed by atoms with Gasteiger partial charge in [-0.05, 0) is 46.5 Å². The van der Waals surface area contributed by atoms with Gasteiger partial charge < -0.3 is 0 Å². The van der Waals surface area contributed by atoms with Crippen molar-refractivity contribution in [2.45, 2.75) is 11.2 Å². The van der Waals surface area contributed by atoms with Crippen LogP contribution in [0.5, 0.6) is 0 Å². The van der Waals surface area contributed by atoms with Crippen LogP contribution in [0.3, 0.4) is 0 Å². The molecule has 0 nitrogen and oxygen atoms in total. The lowest BCUT2D eigenvalue weighted by Gasteiger charge is -2.10. The molecule has 17 heavy (non-hydrogen) atoms. The van der Waals surface area contributed by atoms with Gasteiger partial charge in [-0.2, -0.15) is 11.3 Å². The normalized spacial score (nSPS) is 12.7. The first-order chi connectivity index (χ1) is 8.08. The molecule has 5 heteroatoms. The second-order valence-corrected chi connectivity index (χ2v) is 5.49. The van der Waals surface area contributed by atoms with Gasteiger partial charge in [-0.1, -0.05) is 15.9 Å². The fraction of sp³-hybridized carbons (Fsp3) is 0.167. The van der Waals surface area contributed by atoms with Crippen molar-refractivity contribution < 1.29 is 13.2 Å². The first-order valence-corrected chi connectivity index (χ1v) is 6.73. The number of thiophene rings is 1. The lowest BCUT2D eigenvalue weighted by atomic mass is 10.1. The third kappa shape index (κ3) is 2.90. The van der Waals surface area contributed by atoms with Gasteiger partial charge in [0.25, 0.3) is 0 Å². The number of benzene rings is 1. The molecular formula is C12H8BrF3S. The molecule has 1 unspecified atom stereocenters. The monoisotopic (exact) mass is 320 g/mol. The fourth-order valence-electron chi connectivity index (χ4n) is 1.49. The fourth-order valence-corrected chi connectivity index (χ4v) is 2.81. The molecule has 0 fully saturated rings. The summed E-state index contributed by atoms with van der Waals surface area (Å²) in [4.78, 5) is -0.235. The van der Waals surface area contributed by atoms with E-state index in [9.17, 15) is 13.2 Å². The Labute approximate surface area is 109 Å². The van der Waals surface area contributed by atoms with E-state index in [1.165, 1.54) is 0 Å². The maximum Gasteiger partial charge on any atom is 0.194 e. The number of halogens is 4. The minimum Gasteiger partial charge on any atom is -0.204 e. The van der Waals surface area contributed by atoms with Crippen LogP contribution in [0, 0.1) is 17.5 Å². The zero-order valence-corrected chi connectivity index (χ0v) is 11.0. The quantitative estimate of drug-likeness (QED) is 0.560. The zero-order valence-electron chi connectivity index (χ0n) is 8.59. The van der Waals surface area contributed by atoms with Crippen molar-refractivity contribution in [2.24, 2.45) is 0 Å². The van der Waals surface area contributed by atoms with E-state index in [0.717, 1.165) is 17.7 Å². The summed E-state index contributed by atoms with van der Waals surface area (Å²) in [6.07, 6.45) is 0.605. The van der Waals surface area contributed by atoms with Crippen molar-refractivity contribution in [3.63, 3.8) is 0 Å². The van der Waals surface area contributed by atoms with E-state index in [4.69, 9.17) is 0 Å². The molecule has 90 valence electrons. The predicted molar refractivity (Wildman–Crippen MR) is 66.0 cm³/mol. The van der Waals surface area contributed by atoms with E-state index >= 15 is 0 Å². The molecule has 2 rings (SSSR count). The van der Waals surface area contributed by atoms with Crippen LogP contribution < -0.4 is 0 Å². The SMILES string of the molecule is Fc1cc(C(Br)Cc2ccsc2)cc(F)c1F. The first kappa shape index (κ1) is 12.6. The molecule has 0 N–H and O–H groups in total. The molecule has 0 radical (unpaired) electrons. The molecule has 0 saturated carbocycles. The summed E-state index contributed by atoms with van der Waals surface area (Å²) in [5, 5.41) is 3.89. The van der Waals surface area contributed by atoms with Crippen LogP contribution in [-0.2, 0) is 6.42 Å². The molecule has 1 atom stereocenters. The van der Waals surface area contributed by atoms with Gasteiger partial charge in [0.1, 0.15) is 0 Å². The smallest absolute Gasteiger partial charge is 0.194 e. The van der Waals surface area contributed by atoms with Crippen molar-refractivity contribution in [2.75, 3.05) is 0 Å². The molecular weight excluding hydrogens is 313 g/mol. The first-order valence-electron chi connectivity index (χ1n) is 4.87. The van der Waals surface area contributed by atoms with Crippen LogP contribution in [0.2, 0.25) is 0 Å². The number of rotatable bonds is 3. The molecule has 0 spiro atoms. The summed E-state index contributed by atoms with van der Waals surface area (Å²) in [5.74, 6) is -3.74. The van der Waals surface area contributed by atoms with E-state index in [2.05, 4.69) is 15.9 Å². The minimum atomic E-state index is -1.43. The topological polar surface area (TPSA) is 0 Å². The molecule has 1 aromatic heterocycles. The maximum atomic E-state index is 13.0. The average molecular weight is 321 g/mol. The second kappa shape index (κ2) is 5.23. The Bertz CT molecular complexity index is 487. The van der Waals surface area contributed by atoms with Crippen molar-refractivity contribution in [3.8, 4) is 0 Å². The van der Waals surface area contributed by atoms with Gasteiger partial charge in [0.05, 0.1) is 0 Å². The zero-order chi connectivity index (χ0) is 12.4. The van der Waals surface area contributed by atoms with E-state index < -0.39 is 17.5 Å². The summed E-state index contributed by atoms with van der Waals surface area (Å²) in [6.45, 7) is 0. The van der Waals surface area contributed by atoms with Crippen LogP contribution in [0.15, 0.2) is 29.0 Å². The van der Waals surface area contributed by atoms with Gasteiger partial charge in [-0.3, -0.25) is 0 Å². The third-order valence-corrected chi connectivity index (χ3v) is 3.95. The van der Waals surface area contributed by atoms with Crippen LogP contribution in [0.4, 0.5) is 13.2 Å². The Morgan fingerprint density at radius 1 is 1.18 bits per heavy atom. The third-order valence-electron chi connectivity index (χ3n) is 2.36. The maximum absolute atomic E-state index is 13.0. The van der Waals surface area contributed by atoms with Crippen LogP contribution in [0.1, 0.15) is 16.0 Å². The highest BCUT2D eigenvalue weighted by atomic mass is 79.9. The molecule has 0 aliphatic heterocycles. The lowest BCUT2D eigenvalue weighted by molar-refractivity contribution is 0.445. The highest BCUT2D eigenvalue weighted by Gasteiger charge is 2.15. The molecule has 0 amide bonds. The molecule has 2 aromatic rings. The highest BCUT2D eigenvalue weighted by molar-refractivity contribution is 9.09. The molecule has 0 aliphatic carbocycles. The number of hydrogen-bond donors (Lipinski definition) is 0. The van der Waals surface area contributed by atoms with E-state index in [0.29, 0.717) is 12.0 Å². The van der Waals surface area contributed by atoms with Gasteiger partial charge in [0.2, 0.25) is 0 Å². The van der Waals surface area contributed by atoms with Crippen LogP contribution in [0.25, 0.3) is 0 Å². The Kier molecular flexibility index (Phi) is 3.89. The van der Waals surface area contributed by atoms with Crippen LogP contribution >= 0.6 is 27.3 Å². The van der Waals surface area contributed by atoms with Gasteiger partial charge in [-0.25, -0.2) is 13.2 Å². The van der Waals surface area contributed by atoms with Gasteiger partial charge >= 0.3 is 0 Å². The largest absolute Gasteiger partial charge is 0.204 e. The van der Waals surface area contributed by atoms with Crippen molar-refractivity contribution in [1.82, 2.24) is 0 Å². The number of hydrogen-bond acceptors (Lipinski definition) is 1. The number of alkyl halides is 1. The highest BCUT2D eigenvalue weighted by Crippen LogP contribution is 2.29. The van der Waals surface area contributed by atoms with E-state index in [1.807, 2.05) is 16.8 Å². The Hall–Kier alpha value is -0.810. The molecule has 0 bridgehead atoms. The van der Waals surface area contributed by atoms with Crippen LogP contribution in [-0.4, -0.2) is 0 Å². The molecule has 0 saturated heterocycles. The summed E-state index contributed by atoms with van der Waals surface area (Å²) in [7, 11) is 0. The second-order valence-electron chi connectivity index (χ2n) is 3.60. The predicted octanol–water partition coefficient (Wildman–Crippen LogP) is 4.84. The lowest BCUT2D eigenvalue weighted by Crippen LogP contribution is -1.99. The average Bonchev–Trinajstić information content (AvgIpc) is 2.77. The van der Waals surface area contributed by atoms with Crippen molar-refractivity contribution in [3.05, 3.63) is 57.5 Å². The molecule has 1 aromatic carbocycles. The minimum absolute atomic E-state index is 0.235. The summed E-state index contributed by atoms with van der Waals surface area (Å²) < 4.78 is 38.9. The van der Waals surface area contributed by atoms with Gasteiger partial charge in [-0.15, -0.1) is 0 Å². The summed E-state index contributed by atoms with van der Waals surface area (Å²) in [6, 6.07) is 3.98. The van der Waals surface area contributed by atoms with Gasteiger partial charge in [0.15, 0.2) is 17.5 Å². The standard InChI is InChI=1S/C12H8BrF3S/c13-9(3-7-1-2-17-6-7)8-4-10(14)12(16)11(15)5-8/h1-2,4-6,9H,3H2. The Morgan fingerprint density at radius 2 is 1.82 bits per heavy atom. The van der Waals surface area contributed by atoms with E-state index in [-0.39, 0.29) is 4.83 Å². The Balaban J connectivity index is 2.22. The van der Waals surface area contributed by atoms with Gasteiger partial charge in [0, 0.05) is 4.83 Å². The van der Waals surface area contributed by atoms with E-state index in [1.54, 1.807) is 11.3 Å².